The van der Waals surface area contributed by atoms with Crippen molar-refractivity contribution in [2.45, 2.75) is 33.1 Å². The molecule has 3 nitrogen and oxygen atoms in total. The van der Waals surface area contributed by atoms with Crippen LogP contribution >= 0.6 is 0 Å². The average molecular weight is 172 g/mol. The first kappa shape index (κ1) is 11.1. The smallest absolute Gasteiger partial charge is 0.308 e. The molecule has 0 aromatic carbocycles. The number of rotatable bonds is 5. The first-order valence-electron chi connectivity index (χ1n) is 4.21. The number of carbonyl (C=O) groups is 2. The van der Waals surface area contributed by atoms with Gasteiger partial charge >= 0.3 is 5.97 Å². The van der Waals surface area contributed by atoms with Gasteiger partial charge in [0.25, 0.3) is 0 Å². The predicted molar refractivity (Wildman–Crippen MR) is 45.7 cm³/mol. The van der Waals surface area contributed by atoms with Crippen molar-refractivity contribution >= 4 is 11.8 Å². The SMILES string of the molecule is CCCC(=O)C[C@H](C)C(=O)OC. The standard InChI is InChI=1S/C9H16O3/c1-4-5-8(10)6-7(2)9(11)12-3/h7H,4-6H2,1-3H3/t7-/m0/s1. The van der Waals surface area contributed by atoms with E-state index in [1.54, 1.807) is 6.92 Å². The van der Waals surface area contributed by atoms with Crippen molar-refractivity contribution in [1.82, 2.24) is 0 Å². The summed E-state index contributed by atoms with van der Waals surface area (Å²) in [4.78, 5) is 21.9. The highest BCUT2D eigenvalue weighted by atomic mass is 16.5. The maximum Gasteiger partial charge on any atom is 0.308 e. The largest absolute Gasteiger partial charge is 0.469 e. The molecule has 0 aliphatic heterocycles. The fourth-order valence-corrected chi connectivity index (χ4v) is 1.01. The van der Waals surface area contributed by atoms with Gasteiger partial charge in [-0.3, -0.25) is 9.59 Å². The average Bonchev–Trinajstić information content (AvgIpc) is 2.03. The Balaban J connectivity index is 3.75. The Morgan fingerprint density at radius 3 is 2.42 bits per heavy atom. The summed E-state index contributed by atoms with van der Waals surface area (Å²) in [6.07, 6.45) is 1.70. The Labute approximate surface area is 73.1 Å². The van der Waals surface area contributed by atoms with Crippen molar-refractivity contribution in [2.75, 3.05) is 7.11 Å². The number of methoxy groups -OCH3 is 1. The lowest BCUT2D eigenvalue weighted by Gasteiger charge is -2.06. The van der Waals surface area contributed by atoms with Crippen LogP contribution < -0.4 is 0 Å². The summed E-state index contributed by atoms with van der Waals surface area (Å²) in [5.74, 6) is -0.469. The van der Waals surface area contributed by atoms with Gasteiger partial charge in [-0.05, 0) is 6.42 Å². The third-order valence-electron chi connectivity index (χ3n) is 1.67. The van der Waals surface area contributed by atoms with Gasteiger partial charge in [-0.15, -0.1) is 0 Å². The molecule has 0 N–H and O–H groups in total. The van der Waals surface area contributed by atoms with Crippen LogP contribution in [0.25, 0.3) is 0 Å². The zero-order valence-corrected chi connectivity index (χ0v) is 7.92. The first-order chi connectivity index (χ1) is 5.61. The molecule has 1 atom stereocenters. The second kappa shape index (κ2) is 5.75. The van der Waals surface area contributed by atoms with Crippen LogP contribution in [0.3, 0.4) is 0 Å². The molecule has 0 bridgehead atoms. The van der Waals surface area contributed by atoms with Gasteiger partial charge in [0.05, 0.1) is 13.0 Å². The van der Waals surface area contributed by atoms with Crippen molar-refractivity contribution in [1.29, 1.82) is 0 Å². The molecule has 0 saturated carbocycles. The fraction of sp³-hybridized carbons (Fsp3) is 0.778. The summed E-state index contributed by atoms with van der Waals surface area (Å²) < 4.78 is 4.50. The van der Waals surface area contributed by atoms with Crippen LogP contribution in [0.15, 0.2) is 0 Å². The van der Waals surface area contributed by atoms with E-state index in [0.29, 0.717) is 12.8 Å². The number of hydrogen-bond donors (Lipinski definition) is 0. The van der Waals surface area contributed by atoms with E-state index in [4.69, 9.17) is 0 Å². The Hall–Kier alpha value is -0.860. The fourth-order valence-electron chi connectivity index (χ4n) is 1.01. The van der Waals surface area contributed by atoms with Crippen molar-refractivity contribution in [3.63, 3.8) is 0 Å². The number of hydrogen-bond acceptors (Lipinski definition) is 3. The minimum atomic E-state index is -0.306. The van der Waals surface area contributed by atoms with E-state index in [-0.39, 0.29) is 17.7 Å². The summed E-state index contributed by atoms with van der Waals surface area (Å²) in [7, 11) is 1.34. The van der Waals surface area contributed by atoms with Gasteiger partial charge in [-0.2, -0.15) is 0 Å². The van der Waals surface area contributed by atoms with Crippen LogP contribution in [0.1, 0.15) is 33.1 Å². The number of Topliss-reactive ketones (excluding diaryl/α,β-unsaturated/α-hetero) is 1. The van der Waals surface area contributed by atoms with Gasteiger partial charge in [-0.1, -0.05) is 13.8 Å². The molecule has 0 radical (unpaired) electrons. The molecule has 0 saturated heterocycles. The van der Waals surface area contributed by atoms with Crippen molar-refractivity contribution < 1.29 is 14.3 Å². The van der Waals surface area contributed by atoms with Crippen molar-refractivity contribution in [3.05, 3.63) is 0 Å². The zero-order valence-electron chi connectivity index (χ0n) is 7.92. The highest BCUT2D eigenvalue weighted by molar-refractivity contribution is 5.84. The van der Waals surface area contributed by atoms with Crippen LogP contribution in [0.4, 0.5) is 0 Å². The van der Waals surface area contributed by atoms with Gasteiger partial charge in [0, 0.05) is 12.8 Å². The molecule has 0 unspecified atom stereocenters. The maximum atomic E-state index is 11.1. The zero-order chi connectivity index (χ0) is 9.56. The summed E-state index contributed by atoms with van der Waals surface area (Å²) in [6, 6.07) is 0. The third kappa shape index (κ3) is 4.11. The van der Waals surface area contributed by atoms with E-state index in [2.05, 4.69) is 4.74 Å². The summed E-state index contributed by atoms with van der Waals surface area (Å²) in [5, 5.41) is 0. The minimum absolute atomic E-state index is 0.135. The predicted octanol–water partition coefficient (Wildman–Crippen LogP) is 1.55. The number of ketones is 1. The van der Waals surface area contributed by atoms with Gasteiger partial charge in [-0.25, -0.2) is 0 Å². The topological polar surface area (TPSA) is 43.4 Å². The van der Waals surface area contributed by atoms with Gasteiger partial charge in [0.1, 0.15) is 5.78 Å². The Morgan fingerprint density at radius 2 is 2.00 bits per heavy atom. The van der Waals surface area contributed by atoms with Gasteiger partial charge in [0.15, 0.2) is 0 Å². The number of esters is 1. The lowest BCUT2D eigenvalue weighted by atomic mass is 10.0. The molecule has 0 aromatic heterocycles. The van der Waals surface area contributed by atoms with E-state index in [0.717, 1.165) is 6.42 Å². The van der Waals surface area contributed by atoms with Crippen molar-refractivity contribution in [2.24, 2.45) is 5.92 Å². The van der Waals surface area contributed by atoms with Crippen LogP contribution in [-0.2, 0) is 14.3 Å². The second-order valence-electron chi connectivity index (χ2n) is 2.92. The maximum absolute atomic E-state index is 11.1. The molecule has 3 heteroatoms. The normalized spacial score (nSPS) is 12.2. The Kier molecular flexibility index (Phi) is 5.34. The molecule has 0 aromatic rings. The molecule has 0 amide bonds. The second-order valence-corrected chi connectivity index (χ2v) is 2.92. The molecule has 70 valence electrons. The molecular formula is C9H16O3. The summed E-state index contributed by atoms with van der Waals surface area (Å²) >= 11 is 0. The molecule has 0 rings (SSSR count). The first-order valence-corrected chi connectivity index (χ1v) is 4.21. The number of carbonyl (C=O) groups excluding carboxylic acids is 2. The molecule has 0 heterocycles. The van der Waals surface area contributed by atoms with Crippen LogP contribution in [0.2, 0.25) is 0 Å². The molecule has 12 heavy (non-hydrogen) atoms. The number of ether oxygens (including phenoxy) is 1. The summed E-state index contributed by atoms with van der Waals surface area (Å²) in [6.45, 7) is 3.65. The minimum Gasteiger partial charge on any atom is -0.469 e. The summed E-state index contributed by atoms with van der Waals surface area (Å²) in [5.41, 5.74) is 0. The van der Waals surface area contributed by atoms with Crippen molar-refractivity contribution in [3.8, 4) is 0 Å². The van der Waals surface area contributed by atoms with E-state index in [1.165, 1.54) is 7.11 Å². The van der Waals surface area contributed by atoms with Crippen LogP contribution in [0, 0.1) is 5.92 Å². The molecule has 0 aliphatic carbocycles. The van der Waals surface area contributed by atoms with E-state index >= 15 is 0 Å². The third-order valence-corrected chi connectivity index (χ3v) is 1.67. The quantitative estimate of drug-likeness (QED) is 0.591. The molecule has 0 aliphatic rings. The molecular weight excluding hydrogens is 156 g/mol. The van der Waals surface area contributed by atoms with E-state index < -0.39 is 0 Å². The Morgan fingerprint density at radius 1 is 1.42 bits per heavy atom. The highest BCUT2D eigenvalue weighted by Crippen LogP contribution is 2.07. The lowest BCUT2D eigenvalue weighted by Crippen LogP contribution is -2.16. The lowest BCUT2D eigenvalue weighted by molar-refractivity contribution is -0.146. The molecule has 0 spiro atoms. The monoisotopic (exact) mass is 172 g/mol. The molecule has 0 fully saturated rings. The van der Waals surface area contributed by atoms with E-state index in [9.17, 15) is 9.59 Å². The Bertz CT molecular complexity index is 163. The highest BCUT2D eigenvalue weighted by Gasteiger charge is 2.16. The van der Waals surface area contributed by atoms with Crippen LogP contribution in [0.5, 0.6) is 0 Å². The van der Waals surface area contributed by atoms with E-state index in [1.807, 2.05) is 6.92 Å². The van der Waals surface area contributed by atoms with Gasteiger partial charge < -0.3 is 4.74 Å². The van der Waals surface area contributed by atoms with Crippen LogP contribution in [-0.4, -0.2) is 18.9 Å². The van der Waals surface area contributed by atoms with Gasteiger partial charge in [0.2, 0.25) is 0 Å².